The molecule has 2 aliphatic heterocycles. The molecule has 144 valence electrons. The number of likely N-dealkylation sites (tertiary alicyclic amines) is 1. The van der Waals surface area contributed by atoms with E-state index in [2.05, 4.69) is 36.5 Å². The highest BCUT2D eigenvalue weighted by atomic mass is 16.6. The lowest BCUT2D eigenvalue weighted by Gasteiger charge is -2.45. The molecule has 2 amide bonds. The quantitative estimate of drug-likeness (QED) is 0.890. The number of alkyl carbamates (subject to hydrolysis) is 1. The van der Waals surface area contributed by atoms with Gasteiger partial charge in [0.05, 0.1) is 5.54 Å². The van der Waals surface area contributed by atoms with Gasteiger partial charge in [-0.3, -0.25) is 4.79 Å². The van der Waals surface area contributed by atoms with Crippen molar-refractivity contribution in [1.29, 1.82) is 0 Å². The summed E-state index contributed by atoms with van der Waals surface area (Å²) in [4.78, 5) is 26.1. The summed E-state index contributed by atoms with van der Waals surface area (Å²) in [7, 11) is 0. The summed E-state index contributed by atoms with van der Waals surface area (Å²) in [6, 6.07) is 9.23. The molecular weight excluding hydrogens is 340 g/mol. The average molecular weight is 368 g/mol. The molecular formula is C22H28N2O3. The first kappa shape index (κ1) is 17.1. The van der Waals surface area contributed by atoms with Crippen molar-refractivity contribution in [1.82, 2.24) is 10.2 Å². The lowest BCUT2D eigenvalue weighted by molar-refractivity contribution is -0.142. The molecule has 0 aromatic heterocycles. The molecule has 5 rings (SSSR count). The van der Waals surface area contributed by atoms with Crippen molar-refractivity contribution in [2.45, 2.75) is 62.3 Å². The number of hydrogen-bond acceptors (Lipinski definition) is 3. The van der Waals surface area contributed by atoms with Crippen LogP contribution in [0.15, 0.2) is 24.3 Å². The van der Waals surface area contributed by atoms with Crippen molar-refractivity contribution >= 4 is 12.0 Å². The van der Waals surface area contributed by atoms with Gasteiger partial charge in [0, 0.05) is 19.0 Å². The van der Waals surface area contributed by atoms with Crippen LogP contribution in [-0.2, 0) is 14.9 Å². The molecule has 2 saturated carbocycles. The first-order valence-corrected chi connectivity index (χ1v) is 10.3. The fourth-order valence-corrected chi connectivity index (χ4v) is 5.10. The van der Waals surface area contributed by atoms with Crippen molar-refractivity contribution in [3.05, 3.63) is 35.4 Å². The van der Waals surface area contributed by atoms with Crippen LogP contribution in [-0.4, -0.2) is 42.1 Å². The summed E-state index contributed by atoms with van der Waals surface area (Å²) in [5, 5.41) is 2.87. The summed E-state index contributed by atoms with van der Waals surface area (Å²) in [5.74, 6) is 0.865. The number of piperidine rings is 1. The minimum Gasteiger partial charge on any atom is -0.447 e. The van der Waals surface area contributed by atoms with Gasteiger partial charge in [-0.1, -0.05) is 31.2 Å². The van der Waals surface area contributed by atoms with E-state index in [1.807, 2.05) is 4.90 Å². The van der Waals surface area contributed by atoms with E-state index >= 15 is 0 Å². The normalized spacial score (nSPS) is 32.0. The Hall–Kier alpha value is -2.04. The second kappa shape index (κ2) is 5.98. The number of carbonyl (C=O) groups is 2. The third-order valence-electron chi connectivity index (χ3n) is 7.36. The maximum absolute atomic E-state index is 12.8. The Kier molecular flexibility index (Phi) is 3.78. The van der Waals surface area contributed by atoms with Crippen LogP contribution in [0.25, 0.3) is 0 Å². The molecule has 27 heavy (non-hydrogen) atoms. The maximum Gasteiger partial charge on any atom is 0.407 e. The number of amides is 2. The van der Waals surface area contributed by atoms with E-state index < -0.39 is 0 Å². The number of ether oxygens (including phenoxy) is 1. The van der Waals surface area contributed by atoms with Gasteiger partial charge < -0.3 is 15.0 Å². The SMILES string of the molecule is CC1(c2ccc(C3CCN(C(=O)C4CC5(COC(=O)N5)C4)CC3)cc2)CC1. The van der Waals surface area contributed by atoms with Crippen molar-refractivity contribution < 1.29 is 14.3 Å². The molecule has 0 atom stereocenters. The first-order chi connectivity index (χ1) is 13.0. The predicted octanol–water partition coefficient (Wildman–Crippen LogP) is 3.33. The van der Waals surface area contributed by atoms with E-state index in [1.165, 1.54) is 24.0 Å². The van der Waals surface area contributed by atoms with Gasteiger partial charge in [-0.25, -0.2) is 4.79 Å². The fraction of sp³-hybridized carbons (Fsp3) is 0.636. The van der Waals surface area contributed by atoms with Gasteiger partial charge in [-0.2, -0.15) is 0 Å². The van der Waals surface area contributed by atoms with Gasteiger partial charge in [0.2, 0.25) is 5.91 Å². The number of hydrogen-bond donors (Lipinski definition) is 1. The lowest BCUT2D eigenvalue weighted by atomic mass is 9.68. The third-order valence-corrected chi connectivity index (χ3v) is 7.36. The highest BCUT2D eigenvalue weighted by molar-refractivity contribution is 5.81. The molecule has 1 spiro atoms. The molecule has 0 bridgehead atoms. The highest BCUT2D eigenvalue weighted by Gasteiger charge is 2.53. The van der Waals surface area contributed by atoms with Crippen LogP contribution >= 0.6 is 0 Å². The summed E-state index contributed by atoms with van der Waals surface area (Å²) >= 11 is 0. The standard InChI is InChI=1S/C22H28N2O3/c1-21(8-9-21)18-4-2-15(3-5-18)16-6-10-24(11-7-16)19(25)17-12-22(13-17)14-27-20(26)23-22/h2-5,16-17H,6-14H2,1H3,(H,23,26). The molecule has 1 aromatic carbocycles. The molecule has 2 saturated heterocycles. The van der Waals surface area contributed by atoms with Crippen LogP contribution in [0.3, 0.4) is 0 Å². The number of cyclic esters (lactones) is 1. The van der Waals surface area contributed by atoms with E-state index in [1.54, 1.807) is 0 Å². The number of rotatable bonds is 3. The molecule has 4 aliphatic rings. The molecule has 1 N–H and O–H groups in total. The topological polar surface area (TPSA) is 58.6 Å². The highest BCUT2D eigenvalue weighted by Crippen LogP contribution is 2.48. The summed E-state index contributed by atoms with van der Waals surface area (Å²) < 4.78 is 5.01. The fourth-order valence-electron chi connectivity index (χ4n) is 5.10. The number of nitrogens with zero attached hydrogens (tertiary/aromatic N) is 1. The van der Waals surface area contributed by atoms with Crippen molar-refractivity contribution in [3.63, 3.8) is 0 Å². The zero-order valence-corrected chi connectivity index (χ0v) is 16.0. The Morgan fingerprint density at radius 2 is 1.81 bits per heavy atom. The summed E-state index contributed by atoms with van der Waals surface area (Å²) in [6.07, 6.45) is 5.80. The van der Waals surface area contributed by atoms with Crippen LogP contribution in [0.1, 0.15) is 62.5 Å². The largest absolute Gasteiger partial charge is 0.447 e. The summed E-state index contributed by atoms with van der Waals surface area (Å²) in [6.45, 7) is 4.44. The molecule has 5 heteroatoms. The van der Waals surface area contributed by atoms with Gasteiger partial charge in [-0.15, -0.1) is 0 Å². The second-order valence-electron chi connectivity index (χ2n) is 9.37. The molecule has 1 aromatic rings. The van der Waals surface area contributed by atoms with Crippen molar-refractivity contribution in [2.75, 3.05) is 19.7 Å². The van der Waals surface area contributed by atoms with Crippen molar-refractivity contribution in [3.8, 4) is 0 Å². The Balaban J connectivity index is 1.14. The van der Waals surface area contributed by atoms with Gasteiger partial charge in [0.1, 0.15) is 6.61 Å². The lowest BCUT2D eigenvalue weighted by Crippen LogP contribution is -2.58. The zero-order chi connectivity index (χ0) is 18.6. The third kappa shape index (κ3) is 3.01. The van der Waals surface area contributed by atoms with Crippen molar-refractivity contribution in [2.24, 2.45) is 5.92 Å². The van der Waals surface area contributed by atoms with E-state index in [9.17, 15) is 9.59 Å². The monoisotopic (exact) mass is 368 g/mol. The van der Waals surface area contributed by atoms with E-state index in [0.29, 0.717) is 17.9 Å². The molecule has 2 heterocycles. The van der Waals surface area contributed by atoms with Gasteiger partial charge in [0.25, 0.3) is 0 Å². The summed E-state index contributed by atoms with van der Waals surface area (Å²) in [5.41, 5.74) is 3.05. The first-order valence-electron chi connectivity index (χ1n) is 10.3. The molecule has 2 aliphatic carbocycles. The number of benzene rings is 1. The van der Waals surface area contributed by atoms with Gasteiger partial charge >= 0.3 is 6.09 Å². The number of nitrogens with one attached hydrogen (secondary N) is 1. The minimum atomic E-state index is -0.344. The van der Waals surface area contributed by atoms with Gasteiger partial charge in [0.15, 0.2) is 0 Å². The van der Waals surface area contributed by atoms with Crippen LogP contribution in [0.2, 0.25) is 0 Å². The number of carbonyl (C=O) groups excluding carboxylic acids is 2. The van der Waals surface area contributed by atoms with Crippen LogP contribution in [0.4, 0.5) is 4.79 Å². The van der Waals surface area contributed by atoms with Crippen LogP contribution in [0, 0.1) is 5.92 Å². The predicted molar refractivity (Wildman–Crippen MR) is 102 cm³/mol. The molecule has 0 radical (unpaired) electrons. The maximum atomic E-state index is 12.8. The zero-order valence-electron chi connectivity index (χ0n) is 16.0. The van der Waals surface area contributed by atoms with E-state index in [-0.39, 0.29) is 23.5 Å². The van der Waals surface area contributed by atoms with E-state index in [4.69, 9.17) is 4.74 Å². The smallest absolute Gasteiger partial charge is 0.407 e. The Labute approximate surface area is 160 Å². The van der Waals surface area contributed by atoms with E-state index in [0.717, 1.165) is 38.8 Å². The minimum absolute atomic E-state index is 0.0436. The van der Waals surface area contributed by atoms with Crippen LogP contribution < -0.4 is 5.32 Å². The van der Waals surface area contributed by atoms with Crippen LogP contribution in [0.5, 0.6) is 0 Å². The Morgan fingerprint density at radius 1 is 1.15 bits per heavy atom. The van der Waals surface area contributed by atoms with Gasteiger partial charge in [-0.05, 0) is 61.0 Å². The molecule has 5 nitrogen and oxygen atoms in total. The Bertz CT molecular complexity index is 754. The Morgan fingerprint density at radius 3 is 2.37 bits per heavy atom. The molecule has 4 fully saturated rings. The second-order valence-corrected chi connectivity index (χ2v) is 9.37. The average Bonchev–Trinajstić information content (AvgIpc) is 3.29. The molecule has 0 unspecified atom stereocenters.